The Balaban J connectivity index is 2.08. The number of ether oxygens (including phenoxy) is 2. The normalized spacial score (nSPS) is 16.8. The topological polar surface area (TPSA) is 50.8 Å². The third-order valence-corrected chi connectivity index (χ3v) is 3.50. The fourth-order valence-corrected chi connectivity index (χ4v) is 2.52. The molecule has 1 unspecified atom stereocenters. The first-order chi connectivity index (χ1) is 9.65. The molecule has 1 aromatic carbocycles. The number of methoxy groups -OCH3 is 2. The zero-order valence-electron chi connectivity index (χ0n) is 12.3. The lowest BCUT2D eigenvalue weighted by molar-refractivity contribution is -0.117. The van der Waals surface area contributed by atoms with Crippen molar-refractivity contribution in [1.29, 1.82) is 0 Å². The number of rotatable bonds is 6. The average Bonchev–Trinajstić information content (AvgIpc) is 2.86. The summed E-state index contributed by atoms with van der Waals surface area (Å²) in [5.74, 6) is 0.196. The quantitative estimate of drug-likeness (QED) is 0.811. The van der Waals surface area contributed by atoms with E-state index in [0.29, 0.717) is 6.42 Å². The SMILES string of the molecule is COC(OC)C(C)Nc1cccc(N2CCCC2=O)c1. The van der Waals surface area contributed by atoms with Gasteiger partial charge in [-0.2, -0.15) is 0 Å². The summed E-state index contributed by atoms with van der Waals surface area (Å²) in [6.07, 6.45) is 1.26. The molecule has 1 aliphatic rings. The fraction of sp³-hybridized carbons (Fsp3) is 0.533. The fourth-order valence-electron chi connectivity index (χ4n) is 2.52. The minimum atomic E-state index is -0.313. The zero-order valence-corrected chi connectivity index (χ0v) is 12.3. The summed E-state index contributed by atoms with van der Waals surface area (Å²) >= 11 is 0. The van der Waals surface area contributed by atoms with Gasteiger partial charge in [0.1, 0.15) is 0 Å². The molecule has 0 saturated carbocycles. The van der Waals surface area contributed by atoms with Crippen LogP contribution in [-0.4, -0.2) is 39.0 Å². The van der Waals surface area contributed by atoms with Gasteiger partial charge in [-0.1, -0.05) is 6.07 Å². The molecule has 1 fully saturated rings. The van der Waals surface area contributed by atoms with Gasteiger partial charge in [0, 0.05) is 38.6 Å². The van der Waals surface area contributed by atoms with Gasteiger partial charge in [-0.3, -0.25) is 4.79 Å². The summed E-state index contributed by atoms with van der Waals surface area (Å²) in [6.45, 7) is 2.79. The van der Waals surface area contributed by atoms with Gasteiger partial charge in [-0.25, -0.2) is 0 Å². The number of carbonyl (C=O) groups excluding carboxylic acids is 1. The molecule has 0 spiro atoms. The van der Waals surface area contributed by atoms with E-state index in [-0.39, 0.29) is 18.2 Å². The Hall–Kier alpha value is -1.59. The van der Waals surface area contributed by atoms with E-state index in [4.69, 9.17) is 9.47 Å². The number of amides is 1. The van der Waals surface area contributed by atoms with Crippen molar-refractivity contribution >= 4 is 17.3 Å². The summed E-state index contributed by atoms with van der Waals surface area (Å²) in [4.78, 5) is 13.6. The Bertz CT molecular complexity index is 460. The minimum absolute atomic E-state index is 0.00882. The molecule has 5 nitrogen and oxygen atoms in total. The molecule has 0 bridgehead atoms. The molecule has 0 radical (unpaired) electrons. The highest BCUT2D eigenvalue weighted by Crippen LogP contribution is 2.24. The van der Waals surface area contributed by atoms with E-state index < -0.39 is 0 Å². The molecular weight excluding hydrogens is 256 g/mol. The average molecular weight is 278 g/mol. The Labute approximate surface area is 119 Å². The molecule has 1 saturated heterocycles. The highest BCUT2D eigenvalue weighted by molar-refractivity contribution is 5.95. The van der Waals surface area contributed by atoms with Crippen LogP contribution in [0.2, 0.25) is 0 Å². The zero-order chi connectivity index (χ0) is 14.5. The van der Waals surface area contributed by atoms with Crippen LogP contribution in [0.15, 0.2) is 24.3 Å². The smallest absolute Gasteiger partial charge is 0.227 e. The Kier molecular flexibility index (Phi) is 4.98. The standard InChI is InChI=1S/C15H22N2O3/c1-11(15(19-2)20-3)16-12-6-4-7-13(10-12)17-9-5-8-14(17)18/h4,6-7,10-11,15-16H,5,8-9H2,1-3H3. The largest absolute Gasteiger partial charge is 0.377 e. The van der Waals surface area contributed by atoms with E-state index in [1.54, 1.807) is 14.2 Å². The molecule has 2 rings (SSSR count). The van der Waals surface area contributed by atoms with E-state index in [1.165, 1.54) is 0 Å². The maximum Gasteiger partial charge on any atom is 0.227 e. The number of nitrogens with one attached hydrogen (secondary N) is 1. The number of nitrogens with zero attached hydrogens (tertiary/aromatic N) is 1. The first-order valence-electron chi connectivity index (χ1n) is 6.88. The van der Waals surface area contributed by atoms with Crippen molar-refractivity contribution in [1.82, 2.24) is 0 Å². The van der Waals surface area contributed by atoms with Crippen molar-refractivity contribution in [3.63, 3.8) is 0 Å². The van der Waals surface area contributed by atoms with Gasteiger partial charge < -0.3 is 19.7 Å². The molecule has 110 valence electrons. The molecule has 1 aromatic rings. The number of hydrogen-bond donors (Lipinski definition) is 1. The second-order valence-corrected chi connectivity index (χ2v) is 4.97. The van der Waals surface area contributed by atoms with Gasteiger partial charge in [0.05, 0.1) is 6.04 Å². The lowest BCUT2D eigenvalue weighted by atomic mass is 10.2. The summed E-state index contributed by atoms with van der Waals surface area (Å²) in [7, 11) is 3.23. The molecule has 5 heteroatoms. The van der Waals surface area contributed by atoms with Crippen LogP contribution in [0.3, 0.4) is 0 Å². The van der Waals surface area contributed by atoms with E-state index in [0.717, 1.165) is 24.3 Å². The number of benzene rings is 1. The van der Waals surface area contributed by atoms with Gasteiger partial charge in [0.2, 0.25) is 5.91 Å². The third-order valence-electron chi connectivity index (χ3n) is 3.50. The molecule has 0 aliphatic carbocycles. The van der Waals surface area contributed by atoms with Gasteiger partial charge in [0.15, 0.2) is 6.29 Å². The van der Waals surface area contributed by atoms with Crippen LogP contribution in [0.5, 0.6) is 0 Å². The van der Waals surface area contributed by atoms with E-state index in [1.807, 2.05) is 36.1 Å². The van der Waals surface area contributed by atoms with Crippen LogP contribution < -0.4 is 10.2 Å². The van der Waals surface area contributed by atoms with Crippen molar-refractivity contribution in [2.75, 3.05) is 31.0 Å². The summed E-state index contributed by atoms with van der Waals surface area (Å²) in [5, 5.41) is 3.33. The van der Waals surface area contributed by atoms with E-state index >= 15 is 0 Å². The Morgan fingerprint density at radius 3 is 2.65 bits per heavy atom. The maximum absolute atomic E-state index is 11.8. The molecule has 1 heterocycles. The molecular formula is C15H22N2O3. The van der Waals surface area contributed by atoms with Gasteiger partial charge in [-0.15, -0.1) is 0 Å². The van der Waals surface area contributed by atoms with Crippen LogP contribution >= 0.6 is 0 Å². The summed E-state index contributed by atoms with van der Waals surface area (Å²) in [5.41, 5.74) is 1.89. The first-order valence-corrected chi connectivity index (χ1v) is 6.88. The van der Waals surface area contributed by atoms with Crippen molar-refractivity contribution in [2.24, 2.45) is 0 Å². The highest BCUT2D eigenvalue weighted by Gasteiger charge is 2.22. The summed E-state index contributed by atoms with van der Waals surface area (Å²) in [6, 6.07) is 7.88. The lowest BCUT2D eigenvalue weighted by Crippen LogP contribution is -2.33. The van der Waals surface area contributed by atoms with Crippen LogP contribution in [0, 0.1) is 0 Å². The van der Waals surface area contributed by atoms with Crippen LogP contribution in [0.25, 0.3) is 0 Å². The summed E-state index contributed by atoms with van der Waals surface area (Å²) < 4.78 is 10.5. The molecule has 0 aromatic heterocycles. The first kappa shape index (κ1) is 14.8. The molecule has 20 heavy (non-hydrogen) atoms. The molecule has 1 N–H and O–H groups in total. The Morgan fingerprint density at radius 2 is 2.05 bits per heavy atom. The van der Waals surface area contributed by atoms with Crippen molar-refractivity contribution in [3.05, 3.63) is 24.3 Å². The maximum atomic E-state index is 11.8. The lowest BCUT2D eigenvalue weighted by Gasteiger charge is -2.24. The van der Waals surface area contributed by atoms with Gasteiger partial charge in [-0.05, 0) is 31.5 Å². The Morgan fingerprint density at radius 1 is 1.30 bits per heavy atom. The molecule has 1 amide bonds. The monoisotopic (exact) mass is 278 g/mol. The second-order valence-electron chi connectivity index (χ2n) is 4.97. The minimum Gasteiger partial charge on any atom is -0.377 e. The van der Waals surface area contributed by atoms with Crippen molar-refractivity contribution in [2.45, 2.75) is 32.1 Å². The predicted molar refractivity (Wildman–Crippen MR) is 78.9 cm³/mol. The molecule has 1 aliphatic heterocycles. The number of anilines is 2. The molecule has 1 atom stereocenters. The number of carbonyl (C=O) groups is 1. The van der Waals surface area contributed by atoms with Crippen LogP contribution in [0.4, 0.5) is 11.4 Å². The van der Waals surface area contributed by atoms with Crippen LogP contribution in [0.1, 0.15) is 19.8 Å². The van der Waals surface area contributed by atoms with Gasteiger partial charge in [0.25, 0.3) is 0 Å². The van der Waals surface area contributed by atoms with Crippen molar-refractivity contribution < 1.29 is 14.3 Å². The number of hydrogen-bond acceptors (Lipinski definition) is 4. The highest BCUT2D eigenvalue weighted by atomic mass is 16.7. The van der Waals surface area contributed by atoms with Gasteiger partial charge >= 0.3 is 0 Å². The van der Waals surface area contributed by atoms with E-state index in [9.17, 15) is 4.79 Å². The second kappa shape index (κ2) is 6.72. The van der Waals surface area contributed by atoms with E-state index in [2.05, 4.69) is 5.32 Å². The van der Waals surface area contributed by atoms with Crippen LogP contribution in [-0.2, 0) is 14.3 Å². The third kappa shape index (κ3) is 3.29. The predicted octanol–water partition coefficient (Wildman–Crippen LogP) is 2.23. The van der Waals surface area contributed by atoms with Crippen molar-refractivity contribution in [3.8, 4) is 0 Å².